The summed E-state index contributed by atoms with van der Waals surface area (Å²) in [5, 5.41) is 0. The normalized spacial score (nSPS) is 23.3. The minimum absolute atomic E-state index is 0.385. The fourth-order valence-corrected chi connectivity index (χ4v) is 1.48. The molecule has 0 radical (unpaired) electrons. The van der Waals surface area contributed by atoms with Crippen LogP contribution in [-0.2, 0) is 0 Å². The van der Waals surface area contributed by atoms with Crippen LogP contribution in [0.1, 0.15) is 25.7 Å². The first-order chi connectivity index (χ1) is 4.34. The van der Waals surface area contributed by atoms with Gasteiger partial charge in [-0.15, -0.1) is 11.6 Å². The molecule has 0 spiro atoms. The van der Waals surface area contributed by atoms with Crippen molar-refractivity contribution in [2.45, 2.75) is 31.7 Å². The molecule has 1 aliphatic carbocycles. The topological polar surface area (TPSA) is 26.0 Å². The van der Waals surface area contributed by atoms with Crippen molar-refractivity contribution in [3.63, 3.8) is 0 Å². The Morgan fingerprint density at radius 1 is 1.56 bits per heavy atom. The minimum Gasteiger partial charge on any atom is -0.327 e. The van der Waals surface area contributed by atoms with Crippen molar-refractivity contribution < 1.29 is 0 Å². The second-order valence-electron chi connectivity index (χ2n) is 2.83. The fraction of sp³-hybridized carbons (Fsp3) is 1.00. The lowest BCUT2D eigenvalue weighted by molar-refractivity contribution is 0.258. The van der Waals surface area contributed by atoms with Crippen LogP contribution in [0.5, 0.6) is 0 Å². The van der Waals surface area contributed by atoms with Gasteiger partial charge in [-0.05, 0) is 25.2 Å². The monoisotopic (exact) mass is 147 g/mol. The molecule has 0 aromatic carbocycles. The molecule has 54 valence electrons. The summed E-state index contributed by atoms with van der Waals surface area (Å²) >= 11 is 5.54. The second kappa shape index (κ2) is 3.43. The van der Waals surface area contributed by atoms with Crippen molar-refractivity contribution in [2.75, 3.05) is 5.88 Å². The molecule has 0 aromatic heterocycles. The van der Waals surface area contributed by atoms with Gasteiger partial charge >= 0.3 is 0 Å². The molecule has 0 aliphatic heterocycles. The Hall–Kier alpha value is 0.250. The first kappa shape index (κ1) is 7.36. The van der Waals surface area contributed by atoms with Gasteiger partial charge in [0.05, 0.1) is 0 Å². The average Bonchev–Trinajstić information content (AvgIpc) is 1.60. The summed E-state index contributed by atoms with van der Waals surface area (Å²) in [5.41, 5.74) is 5.81. The minimum atomic E-state index is 0.385. The van der Waals surface area contributed by atoms with Crippen LogP contribution in [0.25, 0.3) is 0 Å². The molecular formula is C7H14ClN. The van der Waals surface area contributed by atoms with Crippen LogP contribution < -0.4 is 5.73 Å². The Morgan fingerprint density at radius 3 is 2.56 bits per heavy atom. The molecule has 0 amide bonds. The molecule has 2 heteroatoms. The van der Waals surface area contributed by atoms with E-state index in [1.54, 1.807) is 0 Å². The number of nitrogens with two attached hydrogens (primary N) is 1. The van der Waals surface area contributed by atoms with Crippen LogP contribution in [0, 0.1) is 5.92 Å². The maximum absolute atomic E-state index is 5.81. The van der Waals surface area contributed by atoms with Crippen LogP contribution >= 0.6 is 11.6 Å². The summed E-state index contributed by atoms with van der Waals surface area (Å²) in [6.45, 7) is 0. The third kappa shape index (κ3) is 1.84. The molecule has 1 nitrogen and oxygen atoms in total. The van der Waals surface area contributed by atoms with E-state index in [0.717, 1.165) is 18.2 Å². The molecule has 0 bridgehead atoms. The van der Waals surface area contributed by atoms with Crippen molar-refractivity contribution in [3.8, 4) is 0 Å². The standard InChI is InChI=1S/C7H14ClN/c8-5-4-7(9)6-2-1-3-6/h6-7H,1-5,9H2. The van der Waals surface area contributed by atoms with Crippen LogP contribution in [0.3, 0.4) is 0 Å². The molecule has 1 saturated carbocycles. The van der Waals surface area contributed by atoms with Gasteiger partial charge in [0.15, 0.2) is 0 Å². The molecular weight excluding hydrogens is 134 g/mol. The molecule has 1 rings (SSSR count). The summed E-state index contributed by atoms with van der Waals surface area (Å²) in [6.07, 6.45) is 5.03. The Labute approximate surface area is 61.6 Å². The van der Waals surface area contributed by atoms with Crippen molar-refractivity contribution >= 4 is 11.6 Å². The predicted octanol–water partition coefficient (Wildman–Crippen LogP) is 1.74. The highest BCUT2D eigenvalue weighted by Gasteiger charge is 2.23. The summed E-state index contributed by atoms with van der Waals surface area (Å²) < 4.78 is 0. The van der Waals surface area contributed by atoms with Gasteiger partial charge in [0, 0.05) is 11.9 Å². The molecule has 9 heavy (non-hydrogen) atoms. The number of alkyl halides is 1. The Kier molecular flexibility index (Phi) is 2.80. The Morgan fingerprint density at radius 2 is 2.22 bits per heavy atom. The zero-order valence-corrected chi connectivity index (χ0v) is 6.40. The summed E-state index contributed by atoms with van der Waals surface area (Å²) in [5.74, 6) is 1.52. The fourth-order valence-electron chi connectivity index (χ4n) is 1.23. The van der Waals surface area contributed by atoms with E-state index in [9.17, 15) is 0 Å². The average molecular weight is 148 g/mol. The number of hydrogen-bond acceptors (Lipinski definition) is 1. The van der Waals surface area contributed by atoms with E-state index in [2.05, 4.69) is 0 Å². The van der Waals surface area contributed by atoms with E-state index >= 15 is 0 Å². The van der Waals surface area contributed by atoms with Gasteiger partial charge in [-0.2, -0.15) is 0 Å². The van der Waals surface area contributed by atoms with Crippen molar-refractivity contribution in [2.24, 2.45) is 11.7 Å². The highest BCUT2D eigenvalue weighted by molar-refractivity contribution is 6.17. The highest BCUT2D eigenvalue weighted by atomic mass is 35.5. The van der Waals surface area contributed by atoms with Gasteiger partial charge in [-0.25, -0.2) is 0 Å². The van der Waals surface area contributed by atoms with Crippen molar-refractivity contribution in [3.05, 3.63) is 0 Å². The predicted molar refractivity (Wildman–Crippen MR) is 40.7 cm³/mol. The Bertz CT molecular complexity index is 81.0. The molecule has 1 unspecified atom stereocenters. The number of hydrogen-bond donors (Lipinski definition) is 1. The lowest BCUT2D eigenvalue weighted by Gasteiger charge is -2.30. The van der Waals surface area contributed by atoms with Crippen molar-refractivity contribution in [1.29, 1.82) is 0 Å². The summed E-state index contributed by atoms with van der Waals surface area (Å²) in [6, 6.07) is 0.385. The van der Waals surface area contributed by atoms with Gasteiger partial charge in [0.25, 0.3) is 0 Å². The zero-order chi connectivity index (χ0) is 6.69. The maximum Gasteiger partial charge on any atom is 0.0238 e. The van der Waals surface area contributed by atoms with Crippen LogP contribution in [0.2, 0.25) is 0 Å². The van der Waals surface area contributed by atoms with E-state index in [0.29, 0.717) is 6.04 Å². The molecule has 1 aliphatic rings. The van der Waals surface area contributed by atoms with E-state index in [4.69, 9.17) is 17.3 Å². The lowest BCUT2D eigenvalue weighted by Crippen LogP contribution is -2.34. The molecule has 2 N–H and O–H groups in total. The van der Waals surface area contributed by atoms with Gasteiger partial charge in [-0.1, -0.05) is 6.42 Å². The number of halogens is 1. The molecule has 0 saturated heterocycles. The summed E-state index contributed by atoms with van der Waals surface area (Å²) in [4.78, 5) is 0. The van der Waals surface area contributed by atoms with E-state index in [1.165, 1.54) is 19.3 Å². The maximum atomic E-state index is 5.81. The quantitative estimate of drug-likeness (QED) is 0.605. The zero-order valence-electron chi connectivity index (χ0n) is 5.65. The molecule has 0 aromatic rings. The summed E-state index contributed by atoms with van der Waals surface area (Å²) in [7, 11) is 0. The van der Waals surface area contributed by atoms with Gasteiger partial charge in [0.1, 0.15) is 0 Å². The first-order valence-electron chi connectivity index (χ1n) is 3.66. The lowest BCUT2D eigenvalue weighted by atomic mass is 9.79. The van der Waals surface area contributed by atoms with Gasteiger partial charge in [0.2, 0.25) is 0 Å². The second-order valence-corrected chi connectivity index (χ2v) is 3.21. The van der Waals surface area contributed by atoms with Crippen LogP contribution in [0.4, 0.5) is 0 Å². The third-order valence-corrected chi connectivity index (χ3v) is 2.42. The first-order valence-corrected chi connectivity index (χ1v) is 4.19. The smallest absolute Gasteiger partial charge is 0.0238 e. The highest BCUT2D eigenvalue weighted by Crippen LogP contribution is 2.29. The largest absolute Gasteiger partial charge is 0.327 e. The van der Waals surface area contributed by atoms with E-state index in [1.807, 2.05) is 0 Å². The third-order valence-electron chi connectivity index (χ3n) is 2.20. The van der Waals surface area contributed by atoms with Gasteiger partial charge in [-0.3, -0.25) is 0 Å². The van der Waals surface area contributed by atoms with Crippen molar-refractivity contribution in [1.82, 2.24) is 0 Å². The molecule has 0 heterocycles. The molecule has 1 fully saturated rings. The SMILES string of the molecule is NC(CCCl)C1CCC1. The van der Waals surface area contributed by atoms with E-state index < -0.39 is 0 Å². The molecule has 1 atom stereocenters. The van der Waals surface area contributed by atoms with E-state index in [-0.39, 0.29) is 0 Å². The Balaban J connectivity index is 2.08. The number of rotatable bonds is 3. The van der Waals surface area contributed by atoms with Crippen LogP contribution in [-0.4, -0.2) is 11.9 Å². The van der Waals surface area contributed by atoms with Crippen LogP contribution in [0.15, 0.2) is 0 Å². The van der Waals surface area contributed by atoms with Gasteiger partial charge < -0.3 is 5.73 Å².